The van der Waals surface area contributed by atoms with Crippen LogP contribution >= 0.6 is 0 Å². The molecular formula is C18H28N2O. The molecule has 3 heteroatoms. The molecule has 0 aromatic heterocycles. The van der Waals surface area contributed by atoms with Crippen LogP contribution in [0.2, 0.25) is 0 Å². The van der Waals surface area contributed by atoms with Crippen LogP contribution in [0.4, 0.5) is 0 Å². The Labute approximate surface area is 129 Å². The summed E-state index contributed by atoms with van der Waals surface area (Å²) in [4.78, 5) is 17.6. The van der Waals surface area contributed by atoms with E-state index in [2.05, 4.69) is 18.2 Å². The average molecular weight is 288 g/mol. The van der Waals surface area contributed by atoms with Crippen molar-refractivity contribution in [1.29, 1.82) is 0 Å². The molecule has 0 aliphatic rings. The van der Waals surface area contributed by atoms with Gasteiger partial charge in [-0.3, -0.25) is 9.79 Å². The number of carbonyl (C=O) groups is 1. The molecule has 0 aliphatic heterocycles. The lowest BCUT2D eigenvalue weighted by Crippen LogP contribution is -2.36. The Hall–Kier alpha value is -1.90. The molecule has 0 bridgehead atoms. The zero-order chi connectivity index (χ0) is 16.4. The highest BCUT2D eigenvalue weighted by Crippen LogP contribution is 2.13. The number of carbonyl (C=O) groups excluding carboxylic acids is 1. The van der Waals surface area contributed by atoms with Crippen LogP contribution in [0.1, 0.15) is 34.6 Å². The van der Waals surface area contributed by atoms with E-state index in [1.165, 1.54) is 0 Å². The van der Waals surface area contributed by atoms with Crippen molar-refractivity contribution in [2.24, 2.45) is 4.99 Å². The molecule has 0 saturated heterocycles. The fourth-order valence-electron chi connectivity index (χ4n) is 1.74. The van der Waals surface area contributed by atoms with Gasteiger partial charge in [0.05, 0.1) is 0 Å². The first-order chi connectivity index (χ1) is 9.83. The molecule has 0 atom stereocenters. The molecule has 0 N–H and O–H groups in total. The summed E-state index contributed by atoms with van der Waals surface area (Å²) in [7, 11) is 0. The molecular weight excluding hydrogens is 260 g/mol. The number of rotatable bonds is 8. The standard InChI is InChI=1S/C18H28N2O/c1-8-18(13-20(14(3)4)17(7)21)12-16(6)15(5)10-11-19-9-2/h8,10-12,14H,1,6,9,13H2,2-5,7H3/b15-10+,18-12+,19-11?. The minimum absolute atomic E-state index is 0.0608. The number of hydrogen-bond acceptors (Lipinski definition) is 2. The van der Waals surface area contributed by atoms with Gasteiger partial charge in [0.25, 0.3) is 0 Å². The van der Waals surface area contributed by atoms with Crippen molar-refractivity contribution in [2.45, 2.75) is 40.7 Å². The molecule has 116 valence electrons. The summed E-state index contributed by atoms with van der Waals surface area (Å²) in [5.74, 6) is 0.0608. The average Bonchev–Trinajstić information content (AvgIpc) is 2.42. The van der Waals surface area contributed by atoms with Crippen LogP contribution in [0.3, 0.4) is 0 Å². The maximum Gasteiger partial charge on any atom is 0.219 e. The van der Waals surface area contributed by atoms with Gasteiger partial charge >= 0.3 is 0 Å². The molecule has 0 heterocycles. The van der Waals surface area contributed by atoms with Gasteiger partial charge in [0.1, 0.15) is 0 Å². The van der Waals surface area contributed by atoms with Crippen molar-refractivity contribution in [3.05, 3.63) is 48.1 Å². The second kappa shape index (κ2) is 9.92. The monoisotopic (exact) mass is 288 g/mol. The summed E-state index contributed by atoms with van der Waals surface area (Å²) in [5, 5.41) is 0. The smallest absolute Gasteiger partial charge is 0.219 e. The quantitative estimate of drug-likeness (QED) is 0.491. The van der Waals surface area contributed by atoms with E-state index in [0.717, 1.165) is 23.3 Å². The summed E-state index contributed by atoms with van der Waals surface area (Å²) < 4.78 is 0. The van der Waals surface area contributed by atoms with Crippen molar-refractivity contribution in [3.8, 4) is 0 Å². The molecule has 3 nitrogen and oxygen atoms in total. The molecule has 0 aliphatic carbocycles. The highest BCUT2D eigenvalue weighted by molar-refractivity contribution is 5.74. The second-order valence-corrected chi connectivity index (χ2v) is 5.19. The third kappa shape index (κ3) is 7.45. The van der Waals surface area contributed by atoms with Gasteiger partial charge in [-0.2, -0.15) is 0 Å². The normalized spacial score (nSPS) is 12.9. The number of hydrogen-bond donors (Lipinski definition) is 0. The highest BCUT2D eigenvalue weighted by Gasteiger charge is 2.13. The Morgan fingerprint density at radius 3 is 2.38 bits per heavy atom. The third-order valence-corrected chi connectivity index (χ3v) is 3.12. The largest absolute Gasteiger partial charge is 0.336 e. The van der Waals surface area contributed by atoms with Crippen LogP contribution in [-0.2, 0) is 4.79 Å². The SMILES string of the molecule is C=C/C(=C\C(=C)/C(C)=C/C=NCC)CN(C(C)=O)C(C)C. The van der Waals surface area contributed by atoms with Crippen molar-refractivity contribution >= 4 is 12.1 Å². The van der Waals surface area contributed by atoms with Gasteiger partial charge in [-0.15, -0.1) is 0 Å². The Kier molecular flexibility index (Phi) is 9.02. The predicted octanol–water partition coefficient (Wildman–Crippen LogP) is 3.95. The van der Waals surface area contributed by atoms with Crippen LogP contribution in [0, 0.1) is 0 Å². The van der Waals surface area contributed by atoms with Crippen LogP contribution in [0.15, 0.2) is 53.1 Å². The first kappa shape index (κ1) is 19.1. The lowest BCUT2D eigenvalue weighted by atomic mass is 10.1. The number of aliphatic imine (C=N–C) groups is 1. The molecule has 21 heavy (non-hydrogen) atoms. The summed E-state index contributed by atoms with van der Waals surface area (Å²) in [6.07, 6.45) is 7.47. The Morgan fingerprint density at radius 2 is 1.95 bits per heavy atom. The number of allylic oxidation sites excluding steroid dienone is 4. The van der Waals surface area contributed by atoms with Gasteiger partial charge in [-0.1, -0.05) is 25.3 Å². The predicted molar refractivity (Wildman–Crippen MR) is 92.7 cm³/mol. The molecule has 0 aromatic rings. The van der Waals surface area contributed by atoms with Crippen molar-refractivity contribution in [1.82, 2.24) is 4.90 Å². The minimum atomic E-state index is 0.0608. The molecule has 0 saturated carbocycles. The van der Waals surface area contributed by atoms with Crippen molar-refractivity contribution in [3.63, 3.8) is 0 Å². The number of nitrogens with zero attached hydrogens (tertiary/aromatic N) is 2. The van der Waals surface area contributed by atoms with Gasteiger partial charge in [0.2, 0.25) is 5.91 Å². The first-order valence-electron chi connectivity index (χ1n) is 7.29. The fraction of sp³-hybridized carbons (Fsp3) is 0.444. The van der Waals surface area contributed by atoms with Gasteiger partial charge in [0.15, 0.2) is 0 Å². The van der Waals surface area contributed by atoms with E-state index in [1.54, 1.807) is 24.1 Å². The summed E-state index contributed by atoms with van der Waals surface area (Å²) in [6, 6.07) is 0.160. The second-order valence-electron chi connectivity index (χ2n) is 5.19. The lowest BCUT2D eigenvalue weighted by Gasteiger charge is -2.26. The molecule has 0 unspecified atom stereocenters. The third-order valence-electron chi connectivity index (χ3n) is 3.12. The molecule has 0 radical (unpaired) electrons. The van der Waals surface area contributed by atoms with E-state index in [0.29, 0.717) is 6.54 Å². The maximum atomic E-state index is 11.6. The number of amides is 1. The summed E-state index contributed by atoms with van der Waals surface area (Å²) in [6.45, 7) is 18.8. The first-order valence-corrected chi connectivity index (χ1v) is 7.29. The zero-order valence-electron chi connectivity index (χ0n) is 14.0. The molecule has 0 rings (SSSR count). The molecule has 0 aromatic carbocycles. The van der Waals surface area contributed by atoms with E-state index in [4.69, 9.17) is 0 Å². The van der Waals surface area contributed by atoms with Gasteiger partial charge in [0, 0.05) is 32.3 Å². The van der Waals surface area contributed by atoms with E-state index in [9.17, 15) is 4.79 Å². The minimum Gasteiger partial charge on any atom is -0.336 e. The van der Waals surface area contributed by atoms with Crippen molar-refractivity contribution < 1.29 is 4.79 Å². The summed E-state index contributed by atoms with van der Waals surface area (Å²) in [5.41, 5.74) is 2.93. The molecule has 1 amide bonds. The van der Waals surface area contributed by atoms with Gasteiger partial charge in [-0.25, -0.2) is 0 Å². The van der Waals surface area contributed by atoms with E-state index >= 15 is 0 Å². The summed E-state index contributed by atoms with van der Waals surface area (Å²) >= 11 is 0. The highest BCUT2D eigenvalue weighted by atomic mass is 16.2. The van der Waals surface area contributed by atoms with Crippen LogP contribution in [0.5, 0.6) is 0 Å². The van der Waals surface area contributed by atoms with Gasteiger partial charge < -0.3 is 4.90 Å². The molecule has 0 fully saturated rings. The fourth-order valence-corrected chi connectivity index (χ4v) is 1.74. The van der Waals surface area contributed by atoms with Crippen LogP contribution in [0.25, 0.3) is 0 Å². The van der Waals surface area contributed by atoms with E-state index in [-0.39, 0.29) is 11.9 Å². The Morgan fingerprint density at radius 1 is 1.33 bits per heavy atom. The van der Waals surface area contributed by atoms with Gasteiger partial charge in [-0.05, 0) is 50.5 Å². The zero-order valence-corrected chi connectivity index (χ0v) is 14.0. The Balaban J connectivity index is 5.05. The van der Waals surface area contributed by atoms with E-state index in [1.807, 2.05) is 39.8 Å². The Bertz CT molecular complexity index is 468. The maximum absolute atomic E-state index is 11.6. The van der Waals surface area contributed by atoms with Crippen LogP contribution < -0.4 is 0 Å². The topological polar surface area (TPSA) is 32.7 Å². The lowest BCUT2D eigenvalue weighted by molar-refractivity contribution is -0.129. The van der Waals surface area contributed by atoms with Crippen molar-refractivity contribution in [2.75, 3.05) is 13.1 Å². The van der Waals surface area contributed by atoms with Crippen LogP contribution in [-0.4, -0.2) is 36.2 Å². The molecule has 0 spiro atoms. The van der Waals surface area contributed by atoms with E-state index < -0.39 is 0 Å².